The van der Waals surface area contributed by atoms with Gasteiger partial charge < -0.3 is 10.5 Å². The van der Waals surface area contributed by atoms with E-state index in [4.69, 9.17) is 10.5 Å². The quantitative estimate of drug-likeness (QED) is 0.372. The lowest BCUT2D eigenvalue weighted by Crippen LogP contribution is -2.55. The minimum absolute atomic E-state index is 0.0594. The molecule has 0 aromatic heterocycles. The van der Waals surface area contributed by atoms with Gasteiger partial charge in [0.25, 0.3) is 0 Å². The maximum Gasteiger partial charge on any atom is 0.220 e. The topological polar surface area (TPSA) is 62.0 Å². The predicted octanol–water partition coefficient (Wildman–Crippen LogP) is 5.46. The molecule has 0 radical (unpaired) electrons. The Kier molecular flexibility index (Phi) is 11.0. The molecule has 2 aromatic rings. The minimum atomic E-state index is -0.271. The lowest BCUT2D eigenvalue weighted by Gasteiger charge is -2.44. The van der Waals surface area contributed by atoms with Crippen LogP contribution in [0.2, 0.25) is 0 Å². The van der Waals surface area contributed by atoms with E-state index in [1.807, 2.05) is 0 Å². The number of halogens is 2. The normalized spacial score (nSPS) is 20.0. The van der Waals surface area contributed by atoms with Gasteiger partial charge in [-0.25, -0.2) is 8.78 Å². The van der Waals surface area contributed by atoms with Crippen LogP contribution in [-0.2, 0) is 33.5 Å². The van der Waals surface area contributed by atoms with Crippen LogP contribution in [0.25, 0.3) is 0 Å². The van der Waals surface area contributed by atoms with Gasteiger partial charge in [-0.05, 0) is 89.7 Å². The molecule has 238 valence electrons. The Labute approximate surface area is 257 Å². The van der Waals surface area contributed by atoms with E-state index in [-0.39, 0.29) is 40.3 Å². The summed E-state index contributed by atoms with van der Waals surface area (Å²) in [5, 5.41) is 0. The standard InChI is InChI=1S/C35H52F2N4O2/c1-34(2,3)28-15-25(17-30(36)19-28)23-40-11-12-41(13-14-43-6)32(24-40)21-35(4,5)29-16-26(18-31(37)20-29)22-39-9-7-27(8-10-39)33(38)42/h15-20,27,32H,7-14,21-24H2,1-6H3,(H2,38,42). The summed E-state index contributed by atoms with van der Waals surface area (Å²) in [6, 6.07) is 11.2. The second kappa shape index (κ2) is 14.1. The highest BCUT2D eigenvalue weighted by Crippen LogP contribution is 2.33. The highest BCUT2D eigenvalue weighted by Gasteiger charge is 2.34. The van der Waals surface area contributed by atoms with Crippen LogP contribution >= 0.6 is 0 Å². The number of ether oxygens (including phenoxy) is 1. The van der Waals surface area contributed by atoms with Gasteiger partial charge in [0.1, 0.15) is 11.6 Å². The summed E-state index contributed by atoms with van der Waals surface area (Å²) in [7, 11) is 1.73. The fourth-order valence-corrected chi connectivity index (χ4v) is 6.70. The largest absolute Gasteiger partial charge is 0.383 e. The van der Waals surface area contributed by atoms with Gasteiger partial charge >= 0.3 is 0 Å². The molecule has 0 aliphatic carbocycles. The van der Waals surface area contributed by atoms with E-state index in [0.717, 1.165) is 80.8 Å². The molecule has 0 saturated carbocycles. The van der Waals surface area contributed by atoms with Gasteiger partial charge in [0.2, 0.25) is 5.91 Å². The van der Waals surface area contributed by atoms with E-state index in [0.29, 0.717) is 19.7 Å². The van der Waals surface area contributed by atoms with Gasteiger partial charge in [-0.1, -0.05) is 46.8 Å². The van der Waals surface area contributed by atoms with Crippen molar-refractivity contribution in [2.75, 3.05) is 53.0 Å². The number of piperidine rings is 1. The van der Waals surface area contributed by atoms with Gasteiger partial charge in [-0.2, -0.15) is 0 Å². The molecule has 2 aromatic carbocycles. The van der Waals surface area contributed by atoms with Crippen molar-refractivity contribution in [3.63, 3.8) is 0 Å². The average molecular weight is 599 g/mol. The lowest BCUT2D eigenvalue weighted by atomic mass is 9.77. The average Bonchev–Trinajstić information content (AvgIpc) is 2.91. The zero-order valence-corrected chi connectivity index (χ0v) is 27.1. The van der Waals surface area contributed by atoms with Crippen LogP contribution in [0.5, 0.6) is 0 Å². The van der Waals surface area contributed by atoms with Crippen LogP contribution in [0.3, 0.4) is 0 Å². The number of primary amides is 1. The molecule has 1 amide bonds. The number of nitrogens with zero attached hydrogens (tertiary/aromatic N) is 3. The maximum atomic E-state index is 15.0. The van der Waals surface area contributed by atoms with Gasteiger partial charge in [0.15, 0.2) is 0 Å². The number of benzene rings is 2. The van der Waals surface area contributed by atoms with Gasteiger partial charge in [-0.15, -0.1) is 0 Å². The highest BCUT2D eigenvalue weighted by molar-refractivity contribution is 5.76. The van der Waals surface area contributed by atoms with E-state index in [1.165, 1.54) is 0 Å². The molecule has 2 fully saturated rings. The van der Waals surface area contributed by atoms with Crippen molar-refractivity contribution >= 4 is 5.91 Å². The molecule has 1 atom stereocenters. The summed E-state index contributed by atoms with van der Waals surface area (Å²) in [4.78, 5) is 18.8. The summed E-state index contributed by atoms with van der Waals surface area (Å²) in [6.45, 7) is 17.9. The van der Waals surface area contributed by atoms with Crippen LogP contribution in [0.4, 0.5) is 8.78 Å². The Morgan fingerprint density at radius 2 is 1.44 bits per heavy atom. The number of carbonyl (C=O) groups excluding carboxylic acids is 1. The van der Waals surface area contributed by atoms with E-state index in [1.54, 1.807) is 31.4 Å². The molecule has 2 heterocycles. The first kappa shape index (κ1) is 33.5. The molecule has 2 aliphatic rings. The first-order valence-electron chi connectivity index (χ1n) is 15.8. The molecule has 0 bridgehead atoms. The number of piperazine rings is 1. The number of carbonyl (C=O) groups is 1. The number of amides is 1. The first-order valence-corrected chi connectivity index (χ1v) is 15.8. The van der Waals surface area contributed by atoms with Crippen molar-refractivity contribution in [1.29, 1.82) is 0 Å². The van der Waals surface area contributed by atoms with Gasteiger partial charge in [0, 0.05) is 58.3 Å². The molecule has 8 heteroatoms. The molecule has 2 saturated heterocycles. The Bertz CT molecular complexity index is 1240. The number of methoxy groups -OCH3 is 1. The molecule has 1 unspecified atom stereocenters. The van der Waals surface area contributed by atoms with Crippen LogP contribution in [-0.4, -0.2) is 79.6 Å². The van der Waals surface area contributed by atoms with Crippen LogP contribution in [0, 0.1) is 17.6 Å². The molecule has 43 heavy (non-hydrogen) atoms. The molecular weight excluding hydrogens is 546 g/mol. The third-order valence-corrected chi connectivity index (χ3v) is 9.38. The zero-order valence-electron chi connectivity index (χ0n) is 27.1. The summed E-state index contributed by atoms with van der Waals surface area (Å²) < 4.78 is 35.0. The molecule has 0 spiro atoms. The second-order valence-corrected chi connectivity index (χ2v) is 14.4. The van der Waals surface area contributed by atoms with E-state index >= 15 is 4.39 Å². The van der Waals surface area contributed by atoms with Crippen LogP contribution in [0.1, 0.15) is 76.1 Å². The lowest BCUT2D eigenvalue weighted by molar-refractivity contribution is -0.123. The van der Waals surface area contributed by atoms with Crippen LogP contribution in [0.15, 0.2) is 36.4 Å². The number of hydrogen-bond acceptors (Lipinski definition) is 5. The maximum absolute atomic E-state index is 15.0. The molecule has 4 rings (SSSR count). The number of nitrogens with two attached hydrogens (primary N) is 1. The van der Waals surface area contributed by atoms with E-state index in [2.05, 4.69) is 61.5 Å². The van der Waals surface area contributed by atoms with E-state index in [9.17, 15) is 9.18 Å². The third-order valence-electron chi connectivity index (χ3n) is 9.38. The van der Waals surface area contributed by atoms with Crippen molar-refractivity contribution < 1.29 is 18.3 Å². The molecule has 6 nitrogen and oxygen atoms in total. The molecular formula is C35H52F2N4O2. The first-order chi connectivity index (χ1) is 20.2. The minimum Gasteiger partial charge on any atom is -0.383 e. The highest BCUT2D eigenvalue weighted by atomic mass is 19.1. The summed E-state index contributed by atoms with van der Waals surface area (Å²) in [6.07, 6.45) is 2.37. The summed E-state index contributed by atoms with van der Waals surface area (Å²) in [5.41, 5.74) is 9.09. The fourth-order valence-electron chi connectivity index (χ4n) is 6.70. The molecule has 2 aliphatic heterocycles. The Hall–Kier alpha value is -2.39. The number of likely N-dealkylation sites (tertiary alicyclic amines) is 1. The number of rotatable bonds is 11. The van der Waals surface area contributed by atoms with Crippen molar-refractivity contribution in [3.8, 4) is 0 Å². The van der Waals surface area contributed by atoms with Crippen molar-refractivity contribution in [2.45, 2.75) is 83.8 Å². The fraction of sp³-hybridized carbons (Fsp3) is 0.629. The summed E-state index contributed by atoms with van der Waals surface area (Å²) in [5.74, 6) is -0.676. The van der Waals surface area contributed by atoms with Crippen molar-refractivity contribution in [2.24, 2.45) is 11.7 Å². The van der Waals surface area contributed by atoms with Gasteiger partial charge in [-0.3, -0.25) is 19.5 Å². The second-order valence-electron chi connectivity index (χ2n) is 14.4. The predicted molar refractivity (Wildman–Crippen MR) is 169 cm³/mol. The SMILES string of the molecule is COCCN1CCN(Cc2cc(F)cc(C(C)(C)C)c2)CC1CC(C)(C)c1cc(F)cc(CN2CCC(C(N)=O)CC2)c1. The number of hydrogen-bond donors (Lipinski definition) is 1. The monoisotopic (exact) mass is 598 g/mol. The third kappa shape index (κ3) is 9.30. The van der Waals surface area contributed by atoms with Gasteiger partial charge in [0.05, 0.1) is 6.61 Å². The summed E-state index contributed by atoms with van der Waals surface area (Å²) >= 11 is 0. The van der Waals surface area contributed by atoms with Crippen LogP contribution < -0.4 is 5.73 Å². The van der Waals surface area contributed by atoms with Crippen molar-refractivity contribution in [1.82, 2.24) is 14.7 Å². The Balaban J connectivity index is 1.48. The Morgan fingerprint density at radius 3 is 2.02 bits per heavy atom. The Morgan fingerprint density at radius 1 is 0.860 bits per heavy atom. The van der Waals surface area contributed by atoms with Crippen molar-refractivity contribution in [3.05, 3.63) is 70.3 Å². The van der Waals surface area contributed by atoms with E-state index < -0.39 is 0 Å². The molecule has 2 N–H and O–H groups in total. The smallest absolute Gasteiger partial charge is 0.220 e. The zero-order chi connectivity index (χ0) is 31.4.